The van der Waals surface area contributed by atoms with E-state index in [2.05, 4.69) is 0 Å². The molecule has 0 bridgehead atoms. The van der Waals surface area contributed by atoms with Gasteiger partial charge in [-0.1, -0.05) is 0 Å². The van der Waals surface area contributed by atoms with Gasteiger partial charge in [0, 0.05) is 18.4 Å². The largest absolute Gasteiger partial charge is 2.00 e. The molecule has 2 N–H and O–H groups in total. The van der Waals surface area contributed by atoms with E-state index in [0.717, 1.165) is 0 Å². The van der Waals surface area contributed by atoms with Crippen LogP contribution < -0.4 is 10.2 Å². The number of hydrogen-bond donors (Lipinski definition) is 2. The fraction of sp³-hybridized carbons (Fsp3) is 0.333. The zero-order valence-corrected chi connectivity index (χ0v) is 8.13. The maximum absolute atomic E-state index is 9.43. The van der Waals surface area contributed by atoms with Crippen LogP contribution in [0.1, 0.15) is 12.8 Å². The van der Waals surface area contributed by atoms with Gasteiger partial charge in [-0.05, 0) is 0 Å². The number of carboxylic acid groups (broad SMARTS) is 4. The van der Waals surface area contributed by atoms with Crippen LogP contribution in [-0.4, -0.2) is 34.1 Å². The first-order valence-electron chi connectivity index (χ1n) is 3.09. The average Bonchev–Trinajstić information content (AvgIpc) is 1.79. The number of carbonyl (C=O) groups excluding carboxylic acids is 2. The third kappa shape index (κ3) is 32.8. The summed E-state index contributed by atoms with van der Waals surface area (Å²) in [6, 6.07) is 0. The summed E-state index contributed by atoms with van der Waals surface area (Å²) in [7, 11) is 0. The van der Waals surface area contributed by atoms with Crippen molar-refractivity contribution in [3.8, 4) is 0 Å². The number of aliphatic carboxylic acids is 4. The van der Waals surface area contributed by atoms with Crippen molar-refractivity contribution in [1.29, 1.82) is 0 Å². The second-order valence-electron chi connectivity index (χ2n) is 1.89. The van der Waals surface area contributed by atoms with Crippen molar-refractivity contribution in [2.75, 3.05) is 0 Å². The Morgan fingerprint density at radius 2 is 1.07 bits per heavy atom. The van der Waals surface area contributed by atoms with Crippen molar-refractivity contribution in [2.45, 2.75) is 12.8 Å². The van der Waals surface area contributed by atoms with E-state index < -0.39 is 36.7 Å². The number of carbonyl (C=O) groups is 4. The summed E-state index contributed by atoms with van der Waals surface area (Å²) in [5, 5.41) is 34.0. The van der Waals surface area contributed by atoms with Crippen molar-refractivity contribution in [3.63, 3.8) is 0 Å². The monoisotopic (exact) mass is 265 g/mol. The molecule has 8 nitrogen and oxygen atoms in total. The summed E-state index contributed by atoms with van der Waals surface area (Å²) in [4.78, 5) is 37.4. The van der Waals surface area contributed by atoms with Gasteiger partial charge in [-0.2, -0.15) is 0 Å². The van der Waals surface area contributed by atoms with E-state index in [0.29, 0.717) is 0 Å². The van der Waals surface area contributed by atoms with Crippen molar-refractivity contribution < 1.29 is 56.4 Å². The van der Waals surface area contributed by atoms with E-state index in [-0.39, 0.29) is 16.8 Å². The van der Waals surface area contributed by atoms with Gasteiger partial charge in [-0.15, -0.1) is 0 Å². The third-order valence-corrected chi connectivity index (χ3v) is 0.591. The van der Waals surface area contributed by atoms with Gasteiger partial charge in [0.15, 0.2) is 0 Å². The van der Waals surface area contributed by atoms with E-state index in [9.17, 15) is 29.4 Å². The third-order valence-electron chi connectivity index (χ3n) is 0.591. The molecule has 0 unspecified atom stereocenters. The molecule has 0 aliphatic rings. The minimum atomic E-state index is -1.63. The van der Waals surface area contributed by atoms with Gasteiger partial charge < -0.3 is 30.0 Å². The molecule has 0 amide bonds. The van der Waals surface area contributed by atoms with Crippen LogP contribution in [0.2, 0.25) is 0 Å². The van der Waals surface area contributed by atoms with Crippen molar-refractivity contribution >= 4 is 23.9 Å². The fourth-order valence-corrected chi connectivity index (χ4v) is 0.247. The van der Waals surface area contributed by atoms with Crippen molar-refractivity contribution in [3.05, 3.63) is 0 Å². The molecule has 0 spiro atoms. The molecule has 0 aliphatic carbocycles. The zero-order chi connectivity index (χ0) is 11.7. The molecule has 0 rings (SSSR count). The maximum atomic E-state index is 9.43. The molecule has 0 atom stereocenters. The van der Waals surface area contributed by atoms with Gasteiger partial charge in [0.05, 0.1) is 0 Å². The van der Waals surface area contributed by atoms with Gasteiger partial charge in [0.2, 0.25) is 0 Å². The summed E-state index contributed by atoms with van der Waals surface area (Å²) in [6.07, 6.45) is -1.83. The smallest absolute Gasteiger partial charge is 0.550 e. The van der Waals surface area contributed by atoms with Crippen LogP contribution in [0.5, 0.6) is 0 Å². The summed E-state index contributed by atoms with van der Waals surface area (Å²) in [5.41, 5.74) is 0. The fourth-order valence-electron chi connectivity index (χ4n) is 0.247. The Bertz CT molecular complexity index is 198. The van der Waals surface area contributed by atoms with E-state index in [1.54, 1.807) is 0 Å². The molecule has 0 aromatic carbocycles. The molecule has 0 aliphatic heterocycles. The second kappa shape index (κ2) is 10.5. The molecular formula is C6H6CoO8. The molecule has 0 saturated carbocycles. The molecular weight excluding hydrogens is 259 g/mol. The predicted molar refractivity (Wildman–Crippen MR) is 34.5 cm³/mol. The van der Waals surface area contributed by atoms with Gasteiger partial charge in [-0.25, -0.2) is 0 Å². The Labute approximate surface area is 93.7 Å². The van der Waals surface area contributed by atoms with E-state index in [4.69, 9.17) is 10.2 Å². The van der Waals surface area contributed by atoms with Crippen LogP contribution in [0.25, 0.3) is 0 Å². The minimum absolute atomic E-state index is 0. The molecule has 9 heteroatoms. The van der Waals surface area contributed by atoms with Gasteiger partial charge in [0.1, 0.15) is 6.42 Å². The number of rotatable bonds is 4. The molecule has 1 radical (unpaired) electrons. The maximum Gasteiger partial charge on any atom is 2.00 e. The first-order chi connectivity index (χ1) is 6.25. The predicted octanol–water partition coefficient (Wildman–Crippen LogP) is -3.58. The summed E-state index contributed by atoms with van der Waals surface area (Å²) in [6.45, 7) is 0. The molecule has 15 heavy (non-hydrogen) atoms. The normalized spacial score (nSPS) is 7.47. The molecule has 0 fully saturated rings. The second-order valence-corrected chi connectivity index (χ2v) is 1.89. The average molecular weight is 265 g/mol. The molecule has 0 aromatic rings. The Morgan fingerprint density at radius 1 is 0.800 bits per heavy atom. The van der Waals surface area contributed by atoms with Gasteiger partial charge in [0.25, 0.3) is 0 Å². The van der Waals surface area contributed by atoms with E-state index in [1.807, 2.05) is 0 Å². The van der Waals surface area contributed by atoms with Gasteiger partial charge in [-0.3, -0.25) is 9.59 Å². The standard InChI is InChI=1S/2C3H4O4.Co/c2*4-2(5)1-3(6)7;/h2*1H2,(H,4,5)(H,6,7);/q;;+2/p-2. The van der Waals surface area contributed by atoms with Crippen LogP contribution in [0.3, 0.4) is 0 Å². The van der Waals surface area contributed by atoms with E-state index in [1.165, 1.54) is 0 Å². The molecule has 0 saturated heterocycles. The summed E-state index contributed by atoms with van der Waals surface area (Å²) >= 11 is 0. The van der Waals surface area contributed by atoms with Crippen LogP contribution in [0.4, 0.5) is 0 Å². The van der Waals surface area contributed by atoms with Crippen LogP contribution in [0, 0.1) is 0 Å². The SMILES string of the molecule is O=C(O)CC(=O)O.O=C([O-])CC(=O)[O-].[Co+2]. The van der Waals surface area contributed by atoms with Crippen molar-refractivity contribution in [1.82, 2.24) is 0 Å². The van der Waals surface area contributed by atoms with E-state index >= 15 is 0 Å². The Hall–Kier alpha value is -1.61. The van der Waals surface area contributed by atoms with Crippen LogP contribution in [0.15, 0.2) is 0 Å². The minimum Gasteiger partial charge on any atom is -0.550 e. The molecule has 0 heterocycles. The Morgan fingerprint density at radius 3 is 1.07 bits per heavy atom. The quantitative estimate of drug-likeness (QED) is 0.494. The van der Waals surface area contributed by atoms with Crippen LogP contribution >= 0.6 is 0 Å². The summed E-state index contributed by atoms with van der Waals surface area (Å²) < 4.78 is 0. The first-order valence-corrected chi connectivity index (χ1v) is 3.09. The molecule has 0 aromatic heterocycles. The van der Waals surface area contributed by atoms with Crippen molar-refractivity contribution in [2.24, 2.45) is 0 Å². The van der Waals surface area contributed by atoms with Crippen LogP contribution in [-0.2, 0) is 36.0 Å². The zero-order valence-electron chi connectivity index (χ0n) is 7.09. The number of hydrogen-bond acceptors (Lipinski definition) is 6. The van der Waals surface area contributed by atoms with Gasteiger partial charge >= 0.3 is 28.7 Å². The Balaban J connectivity index is -0.000000180. The molecule has 87 valence electrons. The first kappa shape index (κ1) is 19.0. The number of carboxylic acids is 4. The topological polar surface area (TPSA) is 155 Å². The Kier molecular flexibility index (Phi) is 13.3. The summed E-state index contributed by atoms with van der Waals surface area (Å²) in [5.74, 6) is -5.88.